The van der Waals surface area contributed by atoms with Crippen LogP contribution in [0.5, 0.6) is 0 Å². The summed E-state index contributed by atoms with van der Waals surface area (Å²) >= 11 is 0. The van der Waals surface area contributed by atoms with Crippen molar-refractivity contribution in [1.29, 1.82) is 0 Å². The Balaban J connectivity index is 1.29. The van der Waals surface area contributed by atoms with Crippen LogP contribution in [0.1, 0.15) is 76.8 Å². The van der Waals surface area contributed by atoms with Crippen LogP contribution in [0.15, 0.2) is 6.20 Å². The molecule has 3 saturated carbocycles. The molecule has 5 aliphatic rings. The molecule has 12 atom stereocenters. The van der Waals surface area contributed by atoms with E-state index in [4.69, 9.17) is 4.74 Å². The minimum atomic E-state index is -1.72. The molecule has 0 spiro atoms. The van der Waals surface area contributed by atoms with Gasteiger partial charge in [-0.05, 0) is 98.4 Å². The molecule has 200 valence electrons. The summed E-state index contributed by atoms with van der Waals surface area (Å²) in [7, 11) is 0. The molecule has 4 fully saturated rings. The van der Waals surface area contributed by atoms with E-state index in [1.54, 1.807) is 10.9 Å². The Morgan fingerprint density at radius 1 is 1.03 bits per heavy atom. The second-order valence-electron chi connectivity index (χ2n) is 13.1. The Hall–Kier alpha value is -1.52. The molecular formula is C27H40N2O7. The summed E-state index contributed by atoms with van der Waals surface area (Å²) in [4.78, 5) is 11.6. The molecule has 1 aromatic heterocycles. The Morgan fingerprint density at radius 3 is 2.47 bits per heavy atom. The summed E-state index contributed by atoms with van der Waals surface area (Å²) < 4.78 is 7.14. The van der Waals surface area contributed by atoms with E-state index in [0.717, 1.165) is 62.6 Å². The fraction of sp³-hybridized carbons (Fsp3) is 0.852. The molecule has 6 rings (SSSR count). The summed E-state index contributed by atoms with van der Waals surface area (Å²) in [6, 6.07) is 0. The lowest BCUT2D eigenvalue weighted by Crippen LogP contribution is -2.58. The van der Waals surface area contributed by atoms with Gasteiger partial charge >= 0.3 is 5.97 Å². The van der Waals surface area contributed by atoms with Gasteiger partial charge in [-0.25, -0.2) is 9.48 Å². The van der Waals surface area contributed by atoms with Gasteiger partial charge in [-0.1, -0.05) is 13.8 Å². The summed E-state index contributed by atoms with van der Waals surface area (Å²) in [6.07, 6.45) is 2.17. The van der Waals surface area contributed by atoms with E-state index < -0.39 is 42.2 Å². The Labute approximate surface area is 211 Å². The zero-order valence-corrected chi connectivity index (χ0v) is 21.4. The van der Waals surface area contributed by atoms with Gasteiger partial charge in [0.2, 0.25) is 0 Å². The molecule has 1 saturated heterocycles. The van der Waals surface area contributed by atoms with Crippen molar-refractivity contribution in [3.63, 3.8) is 0 Å². The third-order valence-electron chi connectivity index (χ3n) is 11.7. The van der Waals surface area contributed by atoms with E-state index in [0.29, 0.717) is 23.7 Å². The van der Waals surface area contributed by atoms with E-state index in [1.165, 1.54) is 0 Å². The molecule has 1 aromatic rings. The molecule has 1 unspecified atom stereocenters. The number of nitrogens with zero attached hydrogens (tertiary/aromatic N) is 2. The molecule has 0 amide bonds. The first-order valence-corrected chi connectivity index (χ1v) is 13.6. The van der Waals surface area contributed by atoms with Crippen LogP contribution >= 0.6 is 0 Å². The zero-order chi connectivity index (χ0) is 25.8. The molecule has 4 aliphatic carbocycles. The number of hydrogen-bond acceptors (Lipinski definition) is 7. The smallest absolute Gasteiger partial charge is 0.335 e. The monoisotopic (exact) mass is 504 g/mol. The third-order valence-corrected chi connectivity index (χ3v) is 11.7. The van der Waals surface area contributed by atoms with Crippen LogP contribution in [-0.2, 0) is 22.4 Å². The van der Waals surface area contributed by atoms with Crippen molar-refractivity contribution in [1.82, 2.24) is 9.78 Å². The van der Waals surface area contributed by atoms with Gasteiger partial charge in [0.05, 0.1) is 11.8 Å². The molecule has 0 radical (unpaired) electrons. The van der Waals surface area contributed by atoms with Crippen molar-refractivity contribution in [2.24, 2.45) is 34.5 Å². The predicted octanol–water partition coefficient (Wildman–Crippen LogP) is 1.66. The van der Waals surface area contributed by atoms with Gasteiger partial charge in [-0.15, -0.1) is 0 Å². The lowest BCUT2D eigenvalue weighted by atomic mass is 9.44. The van der Waals surface area contributed by atoms with E-state index in [2.05, 4.69) is 18.9 Å². The van der Waals surface area contributed by atoms with Crippen molar-refractivity contribution in [3.8, 4) is 0 Å². The first kappa shape index (κ1) is 24.8. The van der Waals surface area contributed by atoms with Crippen LogP contribution < -0.4 is 0 Å². The van der Waals surface area contributed by atoms with E-state index in [9.17, 15) is 30.3 Å². The molecule has 1 aliphatic heterocycles. The molecule has 9 heteroatoms. The van der Waals surface area contributed by atoms with Crippen LogP contribution in [-0.4, -0.2) is 71.3 Å². The molecule has 9 nitrogen and oxygen atoms in total. The standard InChI is InChI=1S/C27H40N2O7/c1-25-11-13-12-28-29(23-21(32)19(30)20(31)22(36-23)24(33)34)18(13)10-14(25)4-5-15-16(25)6-8-26(2)17(15)7-9-27(26,3)35/h12,14-17,19-23,30-32,35H,4-11H2,1-3H3,(H,33,34)/t14-,15+,16-,17-,19-,20-,21+,22?,23+,25-,26-,27-/m0/s1. The molecular weight excluding hydrogens is 464 g/mol. The molecule has 5 N–H and O–H groups in total. The van der Waals surface area contributed by atoms with E-state index in [1.807, 2.05) is 6.92 Å². The SMILES string of the molecule is C[C@]12Cc3cnn([C@@H]4OC(C(=O)O)[C@@H](O)[C@H](O)[C@H]4O)c3C[C@@H]1CC[C@@H]1[C@@H]2CC[C@@]2(C)[C@H]1CC[C@]2(C)O. The van der Waals surface area contributed by atoms with Crippen molar-refractivity contribution in [2.75, 3.05) is 0 Å². The second-order valence-corrected chi connectivity index (χ2v) is 13.1. The van der Waals surface area contributed by atoms with Crippen LogP contribution in [0.25, 0.3) is 0 Å². The minimum absolute atomic E-state index is 0.0113. The quantitative estimate of drug-likeness (QED) is 0.409. The van der Waals surface area contributed by atoms with Crippen LogP contribution in [0.4, 0.5) is 0 Å². The average Bonchev–Trinajstić information content (AvgIpc) is 3.32. The first-order valence-electron chi connectivity index (χ1n) is 13.6. The number of fused-ring (bicyclic) bond motifs is 6. The van der Waals surface area contributed by atoms with Crippen molar-refractivity contribution in [3.05, 3.63) is 17.5 Å². The maximum Gasteiger partial charge on any atom is 0.335 e. The number of rotatable bonds is 2. The highest BCUT2D eigenvalue weighted by Gasteiger charge is 2.63. The number of carboxylic acids is 1. The summed E-state index contributed by atoms with van der Waals surface area (Å²) in [6.45, 7) is 6.77. The minimum Gasteiger partial charge on any atom is -0.479 e. The molecule has 2 heterocycles. The maximum atomic E-state index is 11.6. The maximum absolute atomic E-state index is 11.6. The zero-order valence-electron chi connectivity index (χ0n) is 21.4. The van der Waals surface area contributed by atoms with Gasteiger partial charge < -0.3 is 30.3 Å². The number of aliphatic carboxylic acids is 1. The van der Waals surface area contributed by atoms with Crippen LogP contribution in [0, 0.1) is 34.5 Å². The van der Waals surface area contributed by atoms with Crippen molar-refractivity contribution in [2.45, 2.75) is 108 Å². The summed E-state index contributed by atoms with van der Waals surface area (Å²) in [5.74, 6) is 0.802. The highest BCUT2D eigenvalue weighted by Crippen LogP contribution is 2.67. The number of aliphatic hydroxyl groups excluding tert-OH is 3. The van der Waals surface area contributed by atoms with Crippen LogP contribution in [0.2, 0.25) is 0 Å². The summed E-state index contributed by atoms with van der Waals surface area (Å²) in [5, 5.41) is 56.2. The molecule has 0 bridgehead atoms. The number of carboxylic acid groups (broad SMARTS) is 1. The third kappa shape index (κ3) is 3.19. The number of ether oxygens (including phenoxy) is 1. The van der Waals surface area contributed by atoms with Crippen LogP contribution in [0.3, 0.4) is 0 Å². The van der Waals surface area contributed by atoms with Gasteiger partial charge in [-0.3, -0.25) is 0 Å². The Bertz CT molecular complexity index is 1060. The van der Waals surface area contributed by atoms with E-state index >= 15 is 0 Å². The van der Waals surface area contributed by atoms with Crippen molar-refractivity contribution < 1.29 is 35.1 Å². The highest BCUT2D eigenvalue weighted by atomic mass is 16.6. The number of hydrogen-bond donors (Lipinski definition) is 5. The second kappa shape index (κ2) is 7.99. The lowest BCUT2D eigenvalue weighted by molar-refractivity contribution is -0.249. The number of aromatic nitrogens is 2. The fourth-order valence-corrected chi connectivity index (χ4v) is 9.32. The van der Waals surface area contributed by atoms with Crippen molar-refractivity contribution >= 4 is 5.97 Å². The Morgan fingerprint density at radius 2 is 1.75 bits per heavy atom. The largest absolute Gasteiger partial charge is 0.479 e. The van der Waals surface area contributed by atoms with Gasteiger partial charge in [0, 0.05) is 5.69 Å². The van der Waals surface area contributed by atoms with E-state index in [-0.39, 0.29) is 10.8 Å². The van der Waals surface area contributed by atoms with Gasteiger partial charge in [0.1, 0.15) is 18.3 Å². The number of aliphatic hydroxyl groups is 4. The average molecular weight is 505 g/mol. The topological polar surface area (TPSA) is 145 Å². The lowest BCUT2D eigenvalue weighted by Gasteiger charge is -2.61. The Kier molecular flexibility index (Phi) is 5.50. The fourth-order valence-electron chi connectivity index (χ4n) is 9.32. The first-order chi connectivity index (χ1) is 16.9. The summed E-state index contributed by atoms with van der Waals surface area (Å²) in [5.41, 5.74) is 1.53. The highest BCUT2D eigenvalue weighted by molar-refractivity contribution is 5.73. The van der Waals surface area contributed by atoms with Gasteiger partial charge in [0.15, 0.2) is 12.3 Å². The molecule has 0 aromatic carbocycles. The van der Waals surface area contributed by atoms with Gasteiger partial charge in [0.25, 0.3) is 0 Å². The molecule has 36 heavy (non-hydrogen) atoms. The predicted molar refractivity (Wildman–Crippen MR) is 128 cm³/mol. The number of carbonyl (C=O) groups is 1. The normalized spacial score (nSPS) is 52.1. The van der Waals surface area contributed by atoms with Gasteiger partial charge in [-0.2, -0.15) is 5.10 Å².